The zero-order chi connectivity index (χ0) is 22.7. The molecule has 1 saturated heterocycles. The summed E-state index contributed by atoms with van der Waals surface area (Å²) < 4.78 is 16.5. The minimum absolute atomic E-state index is 0.227. The summed E-state index contributed by atoms with van der Waals surface area (Å²) in [6, 6.07) is 13.0. The second-order valence-electron chi connectivity index (χ2n) is 8.29. The van der Waals surface area contributed by atoms with Gasteiger partial charge in [-0.2, -0.15) is 5.10 Å². The Labute approximate surface area is 187 Å². The Balaban J connectivity index is 1.44. The molecular formula is C25H29FN4O2. The molecule has 32 heavy (non-hydrogen) atoms. The van der Waals surface area contributed by atoms with Gasteiger partial charge in [0, 0.05) is 19.6 Å². The number of amides is 1. The fraction of sp³-hybridized carbons (Fsp3) is 0.360. The van der Waals surface area contributed by atoms with Gasteiger partial charge in [-0.1, -0.05) is 30.7 Å². The van der Waals surface area contributed by atoms with Crippen molar-refractivity contribution in [2.24, 2.45) is 0 Å². The molecule has 1 aliphatic rings. The lowest BCUT2D eigenvalue weighted by atomic mass is 10.1. The third-order valence-electron chi connectivity index (χ3n) is 6.00. The molecule has 1 aromatic heterocycles. The Bertz CT molecular complexity index is 1090. The first-order valence-electron chi connectivity index (χ1n) is 11.1. The number of rotatable bonds is 6. The van der Waals surface area contributed by atoms with Gasteiger partial charge in [-0.3, -0.25) is 4.79 Å². The molecule has 6 nitrogen and oxygen atoms in total. The van der Waals surface area contributed by atoms with Crippen molar-refractivity contribution in [2.45, 2.75) is 45.8 Å². The van der Waals surface area contributed by atoms with E-state index in [0.29, 0.717) is 49.2 Å². The molecule has 2 heterocycles. The van der Waals surface area contributed by atoms with Gasteiger partial charge in [0.1, 0.15) is 5.82 Å². The van der Waals surface area contributed by atoms with Gasteiger partial charge in [-0.15, -0.1) is 0 Å². The molecule has 2 N–H and O–H groups in total. The predicted octanol–water partition coefficient (Wildman–Crippen LogP) is 3.77. The molecule has 0 saturated carbocycles. The third-order valence-corrected chi connectivity index (χ3v) is 6.00. The SMILES string of the molecule is CCc1c(C(=O)NCc2ccc(N3CCC(O)CC3)c(F)c2)cnn1-c1ccc(C)cc1. The van der Waals surface area contributed by atoms with Crippen LogP contribution in [0.4, 0.5) is 10.1 Å². The molecule has 7 heteroatoms. The van der Waals surface area contributed by atoms with Gasteiger partial charge in [0.2, 0.25) is 0 Å². The second kappa shape index (κ2) is 9.53. The van der Waals surface area contributed by atoms with E-state index in [4.69, 9.17) is 0 Å². The highest BCUT2D eigenvalue weighted by molar-refractivity contribution is 5.95. The van der Waals surface area contributed by atoms with E-state index in [1.54, 1.807) is 16.9 Å². The molecule has 0 spiro atoms. The van der Waals surface area contributed by atoms with Crippen molar-refractivity contribution in [1.29, 1.82) is 0 Å². The van der Waals surface area contributed by atoms with E-state index in [1.807, 2.05) is 49.1 Å². The van der Waals surface area contributed by atoms with Crippen molar-refractivity contribution >= 4 is 11.6 Å². The first kappa shape index (κ1) is 22.0. The number of hydrogen-bond donors (Lipinski definition) is 2. The normalized spacial score (nSPS) is 14.6. The number of carbonyl (C=O) groups excluding carboxylic acids is 1. The predicted molar refractivity (Wildman–Crippen MR) is 123 cm³/mol. The summed E-state index contributed by atoms with van der Waals surface area (Å²) in [5.41, 5.74) is 4.67. The molecule has 0 atom stereocenters. The number of piperidine rings is 1. The number of aromatic nitrogens is 2. The largest absolute Gasteiger partial charge is 0.393 e. The first-order chi connectivity index (χ1) is 15.5. The van der Waals surface area contributed by atoms with Crippen LogP contribution in [0.15, 0.2) is 48.7 Å². The highest BCUT2D eigenvalue weighted by atomic mass is 19.1. The number of nitrogens with one attached hydrogen (secondary N) is 1. The van der Waals surface area contributed by atoms with E-state index >= 15 is 0 Å². The molecule has 1 amide bonds. The number of nitrogens with zero attached hydrogens (tertiary/aromatic N) is 3. The smallest absolute Gasteiger partial charge is 0.255 e. The van der Waals surface area contributed by atoms with E-state index in [-0.39, 0.29) is 24.4 Å². The van der Waals surface area contributed by atoms with E-state index < -0.39 is 0 Å². The second-order valence-corrected chi connectivity index (χ2v) is 8.29. The maximum Gasteiger partial charge on any atom is 0.255 e. The number of benzene rings is 2. The van der Waals surface area contributed by atoms with Crippen LogP contribution in [0.3, 0.4) is 0 Å². The molecule has 1 fully saturated rings. The van der Waals surface area contributed by atoms with E-state index in [9.17, 15) is 14.3 Å². The zero-order valence-corrected chi connectivity index (χ0v) is 18.5. The Kier molecular flexibility index (Phi) is 6.55. The van der Waals surface area contributed by atoms with Gasteiger partial charge < -0.3 is 15.3 Å². The Morgan fingerprint density at radius 3 is 2.56 bits per heavy atom. The monoisotopic (exact) mass is 436 g/mol. The lowest BCUT2D eigenvalue weighted by Gasteiger charge is -2.31. The van der Waals surface area contributed by atoms with E-state index in [0.717, 1.165) is 16.9 Å². The van der Waals surface area contributed by atoms with Crippen molar-refractivity contribution in [1.82, 2.24) is 15.1 Å². The van der Waals surface area contributed by atoms with Gasteiger partial charge in [-0.05, 0) is 56.0 Å². The molecule has 0 bridgehead atoms. The molecule has 3 aromatic rings. The lowest BCUT2D eigenvalue weighted by molar-refractivity contribution is 0.0950. The molecule has 1 aliphatic heterocycles. The molecule has 4 rings (SSSR count). The topological polar surface area (TPSA) is 70.4 Å². The summed E-state index contributed by atoms with van der Waals surface area (Å²) in [4.78, 5) is 14.8. The average molecular weight is 437 g/mol. The summed E-state index contributed by atoms with van der Waals surface area (Å²) in [7, 11) is 0. The number of aliphatic hydroxyl groups excluding tert-OH is 1. The summed E-state index contributed by atoms with van der Waals surface area (Å²) in [5.74, 6) is -0.538. The fourth-order valence-corrected chi connectivity index (χ4v) is 4.11. The Hall–Kier alpha value is -3.19. The van der Waals surface area contributed by atoms with Crippen LogP contribution in [-0.4, -0.2) is 40.0 Å². The summed E-state index contributed by atoms with van der Waals surface area (Å²) >= 11 is 0. The van der Waals surface area contributed by atoms with Crippen molar-refractivity contribution in [3.05, 3.63) is 76.9 Å². The molecule has 0 unspecified atom stereocenters. The summed E-state index contributed by atoms with van der Waals surface area (Å²) in [6.07, 6.45) is 3.24. The standard InChI is InChI=1S/C25H29FN4O2/c1-3-23-21(16-28-30(23)19-7-4-17(2)5-8-19)25(32)27-15-18-6-9-24(22(26)14-18)29-12-10-20(31)11-13-29/h4-9,14,16,20,31H,3,10-13,15H2,1-2H3,(H,27,32). The third kappa shape index (κ3) is 4.67. The fourth-order valence-electron chi connectivity index (χ4n) is 4.11. The number of aryl methyl sites for hydroxylation is 1. The van der Waals surface area contributed by atoms with Gasteiger partial charge in [0.05, 0.1) is 34.9 Å². The maximum absolute atomic E-state index is 14.7. The maximum atomic E-state index is 14.7. The average Bonchev–Trinajstić information content (AvgIpc) is 3.23. The molecule has 0 aliphatic carbocycles. The molecule has 168 valence electrons. The van der Waals surface area contributed by atoms with Crippen LogP contribution in [0, 0.1) is 12.7 Å². The highest BCUT2D eigenvalue weighted by Crippen LogP contribution is 2.24. The quantitative estimate of drug-likeness (QED) is 0.617. The highest BCUT2D eigenvalue weighted by Gasteiger charge is 2.20. The van der Waals surface area contributed by atoms with Crippen LogP contribution in [0.2, 0.25) is 0 Å². The molecular weight excluding hydrogens is 407 g/mol. The van der Waals surface area contributed by atoms with Crippen LogP contribution in [0.1, 0.15) is 46.9 Å². The number of aliphatic hydroxyl groups is 1. The van der Waals surface area contributed by atoms with Gasteiger partial charge >= 0.3 is 0 Å². The number of anilines is 1. The van der Waals surface area contributed by atoms with Crippen molar-refractivity contribution in [3.8, 4) is 5.69 Å². The zero-order valence-electron chi connectivity index (χ0n) is 18.5. The van der Waals surface area contributed by atoms with E-state index in [2.05, 4.69) is 10.4 Å². The van der Waals surface area contributed by atoms with Gasteiger partial charge in [0.25, 0.3) is 5.91 Å². The Morgan fingerprint density at radius 1 is 1.19 bits per heavy atom. The number of hydrogen-bond acceptors (Lipinski definition) is 4. The van der Waals surface area contributed by atoms with Crippen molar-refractivity contribution < 1.29 is 14.3 Å². The van der Waals surface area contributed by atoms with E-state index in [1.165, 1.54) is 6.07 Å². The lowest BCUT2D eigenvalue weighted by Crippen LogP contribution is -2.36. The molecule has 2 aromatic carbocycles. The van der Waals surface area contributed by atoms with Crippen LogP contribution < -0.4 is 10.2 Å². The summed E-state index contributed by atoms with van der Waals surface area (Å²) in [6.45, 7) is 5.52. The first-order valence-corrected chi connectivity index (χ1v) is 11.1. The number of carbonyl (C=O) groups is 1. The summed E-state index contributed by atoms with van der Waals surface area (Å²) in [5, 5.41) is 17.0. The Morgan fingerprint density at radius 2 is 1.91 bits per heavy atom. The van der Waals surface area contributed by atoms with Crippen LogP contribution in [0.25, 0.3) is 5.69 Å². The van der Waals surface area contributed by atoms with Crippen LogP contribution in [-0.2, 0) is 13.0 Å². The number of halogens is 1. The molecule has 0 radical (unpaired) electrons. The van der Waals surface area contributed by atoms with Crippen LogP contribution >= 0.6 is 0 Å². The van der Waals surface area contributed by atoms with Crippen molar-refractivity contribution in [3.63, 3.8) is 0 Å². The minimum Gasteiger partial charge on any atom is -0.393 e. The van der Waals surface area contributed by atoms with Crippen molar-refractivity contribution in [2.75, 3.05) is 18.0 Å². The van der Waals surface area contributed by atoms with Gasteiger partial charge in [-0.25, -0.2) is 9.07 Å². The minimum atomic E-state index is -0.311. The van der Waals surface area contributed by atoms with Crippen LogP contribution in [0.5, 0.6) is 0 Å². The van der Waals surface area contributed by atoms with Gasteiger partial charge in [0.15, 0.2) is 0 Å².